The van der Waals surface area contributed by atoms with Gasteiger partial charge in [0.25, 0.3) is 0 Å². The van der Waals surface area contributed by atoms with E-state index < -0.39 is 5.91 Å². The summed E-state index contributed by atoms with van der Waals surface area (Å²) < 4.78 is 11.2. The first-order chi connectivity index (χ1) is 8.25. The third-order valence-corrected chi connectivity index (χ3v) is 3.11. The smallest absolute Gasteiger partial charge is 0.241 e. The number of rotatable bonds is 2. The summed E-state index contributed by atoms with van der Waals surface area (Å²) in [6, 6.07) is 2.05. The second-order valence-electron chi connectivity index (χ2n) is 4.19. The van der Waals surface area contributed by atoms with Crippen molar-refractivity contribution in [1.82, 2.24) is 0 Å². The first-order valence-electron chi connectivity index (χ1n) is 5.67. The summed E-state index contributed by atoms with van der Waals surface area (Å²) in [6.07, 6.45) is 4.85. The number of hydrogen-bond acceptors (Lipinski definition) is 3. The van der Waals surface area contributed by atoms with Crippen LogP contribution in [0.5, 0.6) is 11.5 Å². The minimum absolute atomic E-state index is 0.451. The van der Waals surface area contributed by atoms with Crippen molar-refractivity contribution in [2.45, 2.75) is 12.8 Å². The number of benzene rings is 1. The number of carbonyl (C=O) groups excluding carboxylic acids is 1. The summed E-state index contributed by atoms with van der Waals surface area (Å²) >= 11 is 0. The van der Waals surface area contributed by atoms with Gasteiger partial charge in [0.2, 0.25) is 5.91 Å². The Hall–Kier alpha value is -1.97. The summed E-state index contributed by atoms with van der Waals surface area (Å²) in [5.74, 6) is 1.35. The van der Waals surface area contributed by atoms with Crippen LogP contribution < -0.4 is 15.2 Å². The summed E-state index contributed by atoms with van der Waals surface area (Å²) in [5, 5.41) is 0. The van der Waals surface area contributed by atoms with E-state index in [1.807, 2.05) is 6.07 Å². The van der Waals surface area contributed by atoms with Crippen LogP contribution >= 0.6 is 0 Å². The van der Waals surface area contributed by atoms with Gasteiger partial charge in [-0.05, 0) is 12.1 Å². The van der Waals surface area contributed by atoms with Gasteiger partial charge in [0.15, 0.2) is 0 Å². The zero-order chi connectivity index (χ0) is 11.8. The highest BCUT2D eigenvalue weighted by atomic mass is 16.5. The first-order valence-corrected chi connectivity index (χ1v) is 5.67. The van der Waals surface area contributed by atoms with Crippen molar-refractivity contribution < 1.29 is 14.3 Å². The molecule has 0 bridgehead atoms. The number of fused-ring (bicyclic) bond motifs is 2. The number of primary amides is 1. The maximum Gasteiger partial charge on any atom is 0.241 e. The molecule has 0 atom stereocenters. The number of hydrogen-bond donors (Lipinski definition) is 1. The van der Waals surface area contributed by atoms with Gasteiger partial charge in [0, 0.05) is 35.6 Å². The molecule has 4 heteroatoms. The SMILES string of the molecule is NC(=O)/C=C/c1c2c(cc3c1OCC3)OCC2. The van der Waals surface area contributed by atoms with E-state index in [-0.39, 0.29) is 0 Å². The standard InChI is InChI=1S/C13H13NO3/c14-12(15)2-1-10-9-4-6-16-11(9)7-8-3-5-17-13(8)10/h1-2,7H,3-6H2,(H2,14,15)/b2-1+. The Balaban J connectivity index is 2.14. The minimum Gasteiger partial charge on any atom is -0.493 e. The van der Waals surface area contributed by atoms with Crippen LogP contribution in [-0.2, 0) is 17.6 Å². The van der Waals surface area contributed by atoms with Gasteiger partial charge in [-0.15, -0.1) is 0 Å². The zero-order valence-electron chi connectivity index (χ0n) is 9.36. The van der Waals surface area contributed by atoms with Gasteiger partial charge in [0.1, 0.15) is 11.5 Å². The average Bonchev–Trinajstić information content (AvgIpc) is 2.90. The molecule has 1 aromatic carbocycles. The lowest BCUT2D eigenvalue weighted by Gasteiger charge is -2.09. The van der Waals surface area contributed by atoms with Gasteiger partial charge in [-0.2, -0.15) is 0 Å². The van der Waals surface area contributed by atoms with Crippen molar-refractivity contribution in [2.24, 2.45) is 5.73 Å². The zero-order valence-corrected chi connectivity index (χ0v) is 9.36. The largest absolute Gasteiger partial charge is 0.493 e. The van der Waals surface area contributed by atoms with E-state index in [4.69, 9.17) is 15.2 Å². The molecular formula is C13H13NO3. The van der Waals surface area contributed by atoms with Crippen molar-refractivity contribution in [2.75, 3.05) is 13.2 Å². The van der Waals surface area contributed by atoms with Crippen molar-refractivity contribution in [1.29, 1.82) is 0 Å². The maximum absolute atomic E-state index is 10.8. The molecule has 0 radical (unpaired) electrons. The van der Waals surface area contributed by atoms with Gasteiger partial charge in [-0.3, -0.25) is 4.79 Å². The van der Waals surface area contributed by atoms with E-state index in [1.165, 1.54) is 6.08 Å². The molecule has 0 fully saturated rings. The fourth-order valence-corrected chi connectivity index (χ4v) is 2.36. The topological polar surface area (TPSA) is 61.6 Å². The lowest BCUT2D eigenvalue weighted by molar-refractivity contribution is -0.113. The molecule has 4 nitrogen and oxygen atoms in total. The lowest BCUT2D eigenvalue weighted by atomic mass is 9.99. The van der Waals surface area contributed by atoms with Crippen LogP contribution in [0.4, 0.5) is 0 Å². The summed E-state index contributed by atoms with van der Waals surface area (Å²) in [6.45, 7) is 1.38. The molecule has 0 saturated heterocycles. The molecule has 2 N–H and O–H groups in total. The molecule has 3 rings (SSSR count). The van der Waals surface area contributed by atoms with Crippen LogP contribution in [0.15, 0.2) is 12.1 Å². The van der Waals surface area contributed by atoms with Crippen LogP contribution in [0.3, 0.4) is 0 Å². The molecule has 1 amide bonds. The van der Waals surface area contributed by atoms with Crippen LogP contribution in [0.1, 0.15) is 16.7 Å². The second-order valence-corrected chi connectivity index (χ2v) is 4.19. The molecule has 0 saturated carbocycles. The molecule has 2 heterocycles. The van der Waals surface area contributed by atoms with Crippen LogP contribution in [0.2, 0.25) is 0 Å². The van der Waals surface area contributed by atoms with Gasteiger partial charge in [-0.25, -0.2) is 0 Å². The lowest BCUT2D eigenvalue weighted by Crippen LogP contribution is -2.05. The van der Waals surface area contributed by atoms with Crippen LogP contribution in [0.25, 0.3) is 6.08 Å². The highest BCUT2D eigenvalue weighted by Crippen LogP contribution is 2.41. The third kappa shape index (κ3) is 1.65. The van der Waals surface area contributed by atoms with Gasteiger partial charge in [0.05, 0.1) is 13.2 Å². The molecule has 0 aromatic heterocycles. The van der Waals surface area contributed by atoms with E-state index in [9.17, 15) is 4.79 Å². The molecular weight excluding hydrogens is 218 g/mol. The molecule has 0 unspecified atom stereocenters. The molecule has 0 aliphatic carbocycles. The molecule has 17 heavy (non-hydrogen) atoms. The Morgan fingerprint density at radius 2 is 2.12 bits per heavy atom. The van der Waals surface area contributed by atoms with Gasteiger partial charge >= 0.3 is 0 Å². The molecule has 2 aliphatic heterocycles. The van der Waals surface area contributed by atoms with Crippen molar-refractivity contribution in [3.8, 4) is 11.5 Å². The predicted octanol–water partition coefficient (Wildman–Crippen LogP) is 1.05. The Labute approximate surface area is 99.0 Å². The van der Waals surface area contributed by atoms with Crippen LogP contribution in [-0.4, -0.2) is 19.1 Å². The Morgan fingerprint density at radius 1 is 1.29 bits per heavy atom. The first kappa shape index (κ1) is 10.2. The number of ether oxygens (including phenoxy) is 2. The molecule has 2 aliphatic rings. The monoisotopic (exact) mass is 231 g/mol. The molecule has 1 aromatic rings. The quantitative estimate of drug-likeness (QED) is 0.774. The Bertz CT molecular complexity index is 488. The van der Waals surface area contributed by atoms with E-state index in [0.29, 0.717) is 13.2 Å². The highest BCUT2D eigenvalue weighted by molar-refractivity contribution is 5.91. The maximum atomic E-state index is 10.8. The van der Waals surface area contributed by atoms with E-state index in [1.54, 1.807) is 6.08 Å². The fraction of sp³-hybridized carbons (Fsp3) is 0.308. The van der Waals surface area contributed by atoms with E-state index >= 15 is 0 Å². The molecule has 88 valence electrons. The average molecular weight is 231 g/mol. The predicted molar refractivity (Wildman–Crippen MR) is 63.1 cm³/mol. The highest BCUT2D eigenvalue weighted by Gasteiger charge is 2.25. The summed E-state index contributed by atoms with van der Waals surface area (Å²) in [7, 11) is 0. The van der Waals surface area contributed by atoms with E-state index in [0.717, 1.165) is 41.0 Å². The number of nitrogens with two attached hydrogens (primary N) is 1. The second kappa shape index (κ2) is 3.80. The molecule has 0 spiro atoms. The third-order valence-electron chi connectivity index (χ3n) is 3.11. The summed E-state index contributed by atoms with van der Waals surface area (Å²) in [5.41, 5.74) is 8.35. The van der Waals surface area contributed by atoms with Gasteiger partial charge in [-0.1, -0.05) is 0 Å². The van der Waals surface area contributed by atoms with Gasteiger partial charge < -0.3 is 15.2 Å². The van der Waals surface area contributed by atoms with Crippen molar-refractivity contribution in [3.63, 3.8) is 0 Å². The summed E-state index contributed by atoms with van der Waals surface area (Å²) in [4.78, 5) is 10.8. The van der Waals surface area contributed by atoms with E-state index in [2.05, 4.69) is 0 Å². The Morgan fingerprint density at radius 3 is 2.94 bits per heavy atom. The minimum atomic E-state index is -0.451. The fourth-order valence-electron chi connectivity index (χ4n) is 2.36. The van der Waals surface area contributed by atoms with Crippen LogP contribution in [0, 0.1) is 0 Å². The van der Waals surface area contributed by atoms with Crippen molar-refractivity contribution >= 4 is 12.0 Å². The number of amides is 1. The Kier molecular flexibility index (Phi) is 2.28. The van der Waals surface area contributed by atoms with Crippen molar-refractivity contribution in [3.05, 3.63) is 28.8 Å². The normalized spacial score (nSPS) is 16.5. The number of carbonyl (C=O) groups is 1.